The van der Waals surface area contributed by atoms with Crippen LogP contribution in [-0.4, -0.2) is 17.6 Å². The van der Waals surface area contributed by atoms with Gasteiger partial charge in [-0.1, -0.05) is 57.1 Å². The zero-order valence-electron chi connectivity index (χ0n) is 15.9. The summed E-state index contributed by atoms with van der Waals surface area (Å²) in [6.45, 7) is 11.0. The Morgan fingerprint density at radius 2 is 1.84 bits per heavy atom. The van der Waals surface area contributed by atoms with E-state index < -0.39 is 0 Å². The zero-order valence-corrected chi connectivity index (χ0v) is 15.9. The number of carbonyl (C=O) groups excluding carboxylic acids is 1. The second-order valence-corrected chi connectivity index (χ2v) is 7.06. The van der Waals surface area contributed by atoms with E-state index in [1.165, 1.54) is 11.1 Å². The second-order valence-electron chi connectivity index (χ2n) is 7.06. The standard InChI is InChI=1S/C20H29N3O2/c1-6-14(4)16-7-9-17(10-8-16)20(13(2)3)21-12-19(24)22-18-11-15(5)25-23-18/h7-11,13-14,20-21H,6,12H2,1-5H3,(H,22,23,24)/p+1/t14-,20-/m0/s1. The molecule has 25 heavy (non-hydrogen) atoms. The lowest BCUT2D eigenvalue weighted by molar-refractivity contribution is -0.692. The molecular formula is C20H30N3O2+. The lowest BCUT2D eigenvalue weighted by atomic mass is 9.92. The number of aryl methyl sites for hydroxylation is 1. The normalized spacial score (nSPS) is 13.7. The SMILES string of the molecule is CC[C@H](C)c1ccc([C@@H]([NH2+]CC(=O)Nc2cc(C)on2)C(C)C)cc1. The van der Waals surface area contributed by atoms with Crippen LogP contribution in [0.3, 0.4) is 0 Å². The summed E-state index contributed by atoms with van der Waals surface area (Å²) < 4.78 is 4.96. The number of nitrogens with two attached hydrogens (primary N) is 1. The molecule has 0 radical (unpaired) electrons. The van der Waals surface area contributed by atoms with E-state index in [1.54, 1.807) is 13.0 Å². The van der Waals surface area contributed by atoms with E-state index in [2.05, 4.69) is 67.8 Å². The number of carbonyl (C=O) groups is 1. The summed E-state index contributed by atoms with van der Waals surface area (Å²) in [6.07, 6.45) is 1.14. The molecule has 1 aromatic heterocycles. The van der Waals surface area contributed by atoms with E-state index in [0.29, 0.717) is 30.0 Å². The number of hydrogen-bond acceptors (Lipinski definition) is 3. The number of benzene rings is 1. The maximum absolute atomic E-state index is 12.1. The molecule has 2 atom stereocenters. The minimum atomic E-state index is -0.0739. The van der Waals surface area contributed by atoms with Crippen LogP contribution >= 0.6 is 0 Å². The third-order valence-corrected chi connectivity index (χ3v) is 4.67. The van der Waals surface area contributed by atoms with E-state index in [-0.39, 0.29) is 11.9 Å². The molecular weight excluding hydrogens is 314 g/mol. The van der Waals surface area contributed by atoms with Crippen LogP contribution in [0.25, 0.3) is 0 Å². The van der Waals surface area contributed by atoms with Crippen LogP contribution in [0.15, 0.2) is 34.9 Å². The number of anilines is 1. The van der Waals surface area contributed by atoms with Gasteiger partial charge >= 0.3 is 0 Å². The third kappa shape index (κ3) is 5.43. The summed E-state index contributed by atoms with van der Waals surface area (Å²) in [6, 6.07) is 10.8. The highest BCUT2D eigenvalue weighted by Gasteiger charge is 2.21. The van der Waals surface area contributed by atoms with Crippen molar-refractivity contribution in [2.75, 3.05) is 11.9 Å². The molecule has 2 rings (SSSR count). The smallest absolute Gasteiger partial charge is 0.280 e. The van der Waals surface area contributed by atoms with Gasteiger partial charge in [-0.15, -0.1) is 0 Å². The van der Waals surface area contributed by atoms with Crippen molar-refractivity contribution in [3.63, 3.8) is 0 Å². The first-order valence-electron chi connectivity index (χ1n) is 9.07. The molecule has 0 aliphatic heterocycles. The van der Waals surface area contributed by atoms with Crippen LogP contribution in [0.4, 0.5) is 5.82 Å². The van der Waals surface area contributed by atoms with E-state index in [4.69, 9.17) is 4.52 Å². The van der Waals surface area contributed by atoms with Crippen LogP contribution in [0.1, 0.15) is 63.0 Å². The van der Waals surface area contributed by atoms with E-state index in [1.807, 2.05) is 0 Å². The van der Waals surface area contributed by atoms with E-state index in [9.17, 15) is 4.79 Å². The van der Waals surface area contributed by atoms with Gasteiger partial charge in [0.1, 0.15) is 11.8 Å². The molecule has 0 aliphatic rings. The van der Waals surface area contributed by atoms with E-state index >= 15 is 0 Å². The fourth-order valence-electron chi connectivity index (χ4n) is 2.93. The van der Waals surface area contributed by atoms with Crippen molar-refractivity contribution in [2.24, 2.45) is 5.92 Å². The summed E-state index contributed by atoms with van der Waals surface area (Å²) in [4.78, 5) is 12.1. The molecule has 136 valence electrons. The van der Waals surface area contributed by atoms with Crippen LogP contribution < -0.4 is 10.6 Å². The topological polar surface area (TPSA) is 71.7 Å². The lowest BCUT2D eigenvalue weighted by Gasteiger charge is -2.20. The zero-order chi connectivity index (χ0) is 18.4. The van der Waals surface area contributed by atoms with Gasteiger partial charge < -0.3 is 15.2 Å². The van der Waals surface area contributed by atoms with Gasteiger partial charge in [-0.25, -0.2) is 0 Å². The van der Waals surface area contributed by atoms with Crippen molar-refractivity contribution in [3.05, 3.63) is 47.2 Å². The Morgan fingerprint density at radius 1 is 1.20 bits per heavy atom. The van der Waals surface area contributed by atoms with Gasteiger partial charge in [0.2, 0.25) is 0 Å². The van der Waals surface area contributed by atoms with Crippen molar-refractivity contribution < 1.29 is 14.6 Å². The molecule has 3 N–H and O–H groups in total. The maximum atomic E-state index is 12.1. The molecule has 0 fully saturated rings. The van der Waals surface area contributed by atoms with Crippen molar-refractivity contribution in [2.45, 2.75) is 53.0 Å². The van der Waals surface area contributed by atoms with Crippen molar-refractivity contribution in [1.29, 1.82) is 0 Å². The number of amides is 1. The van der Waals surface area contributed by atoms with Crippen LogP contribution in [0.5, 0.6) is 0 Å². The molecule has 0 aliphatic carbocycles. The predicted molar refractivity (Wildman–Crippen MR) is 99.4 cm³/mol. The van der Waals surface area contributed by atoms with Crippen LogP contribution in [0.2, 0.25) is 0 Å². The minimum absolute atomic E-state index is 0.0739. The van der Waals surface area contributed by atoms with Crippen molar-refractivity contribution in [3.8, 4) is 0 Å². The first-order chi connectivity index (χ1) is 11.9. The number of hydrogen-bond donors (Lipinski definition) is 2. The molecule has 0 saturated heterocycles. The Hall–Kier alpha value is -2.14. The summed E-state index contributed by atoms with van der Waals surface area (Å²) in [5.41, 5.74) is 2.63. The second kappa shape index (κ2) is 8.81. The molecule has 0 unspecified atom stereocenters. The summed E-state index contributed by atoms with van der Waals surface area (Å²) >= 11 is 0. The van der Waals surface area contributed by atoms with Gasteiger partial charge in [-0.2, -0.15) is 0 Å². The number of rotatable bonds is 8. The molecule has 5 heteroatoms. The van der Waals surface area contributed by atoms with Gasteiger partial charge in [0.25, 0.3) is 5.91 Å². The lowest BCUT2D eigenvalue weighted by Crippen LogP contribution is -2.88. The van der Waals surface area contributed by atoms with Crippen LogP contribution in [-0.2, 0) is 4.79 Å². The number of quaternary nitrogens is 1. The fourth-order valence-corrected chi connectivity index (χ4v) is 2.93. The molecule has 0 spiro atoms. The predicted octanol–water partition coefficient (Wildman–Crippen LogP) is 3.40. The average molecular weight is 344 g/mol. The molecule has 1 heterocycles. The Balaban J connectivity index is 1.97. The average Bonchev–Trinajstić information content (AvgIpc) is 2.99. The highest BCUT2D eigenvalue weighted by Crippen LogP contribution is 2.23. The monoisotopic (exact) mass is 344 g/mol. The van der Waals surface area contributed by atoms with Crippen LogP contribution in [0, 0.1) is 12.8 Å². The Kier molecular flexibility index (Phi) is 6.76. The number of nitrogens with one attached hydrogen (secondary N) is 1. The minimum Gasteiger partial charge on any atom is -0.360 e. The summed E-state index contributed by atoms with van der Waals surface area (Å²) in [7, 11) is 0. The van der Waals surface area contributed by atoms with Gasteiger partial charge in [-0.05, 0) is 24.8 Å². The first kappa shape index (κ1) is 19.2. The maximum Gasteiger partial charge on any atom is 0.280 e. The fraction of sp³-hybridized carbons (Fsp3) is 0.500. The molecule has 1 aromatic carbocycles. The third-order valence-electron chi connectivity index (χ3n) is 4.67. The van der Waals surface area contributed by atoms with Gasteiger partial charge in [0, 0.05) is 17.5 Å². The van der Waals surface area contributed by atoms with E-state index in [0.717, 1.165) is 6.42 Å². The molecule has 0 bridgehead atoms. The molecule has 0 saturated carbocycles. The van der Waals surface area contributed by atoms with Gasteiger partial charge in [0.05, 0.1) is 0 Å². The molecule has 5 nitrogen and oxygen atoms in total. The summed E-state index contributed by atoms with van der Waals surface area (Å²) in [5.74, 6) is 2.08. The summed E-state index contributed by atoms with van der Waals surface area (Å²) in [5, 5.41) is 8.64. The Labute approximate surface area is 150 Å². The molecule has 1 amide bonds. The van der Waals surface area contributed by atoms with Crippen molar-refractivity contribution in [1.82, 2.24) is 5.16 Å². The number of nitrogens with zero attached hydrogens (tertiary/aromatic N) is 1. The van der Waals surface area contributed by atoms with Gasteiger partial charge in [0.15, 0.2) is 12.4 Å². The Bertz CT molecular complexity index is 677. The quantitative estimate of drug-likeness (QED) is 0.771. The van der Waals surface area contributed by atoms with Gasteiger partial charge in [-0.3, -0.25) is 4.79 Å². The van der Waals surface area contributed by atoms with Crippen molar-refractivity contribution >= 4 is 11.7 Å². The highest BCUT2D eigenvalue weighted by molar-refractivity contribution is 5.90. The largest absolute Gasteiger partial charge is 0.360 e. The highest BCUT2D eigenvalue weighted by atomic mass is 16.5. The number of aromatic nitrogens is 1. The molecule has 2 aromatic rings. The first-order valence-corrected chi connectivity index (χ1v) is 9.07. The Morgan fingerprint density at radius 3 is 2.36 bits per heavy atom.